The number of rotatable bonds is 3. The molecule has 20 heavy (non-hydrogen) atoms. The van der Waals surface area contributed by atoms with Gasteiger partial charge in [-0.25, -0.2) is 4.79 Å². The summed E-state index contributed by atoms with van der Waals surface area (Å²) in [5, 5.41) is 3.39. The normalized spacial score (nSPS) is 24.4. The van der Waals surface area contributed by atoms with E-state index in [0.717, 1.165) is 34.1 Å². The van der Waals surface area contributed by atoms with Crippen molar-refractivity contribution in [1.82, 2.24) is 15.3 Å². The maximum absolute atomic E-state index is 11.4. The molecule has 1 aliphatic heterocycles. The van der Waals surface area contributed by atoms with Crippen LogP contribution in [0.1, 0.15) is 24.9 Å². The number of hydrogen-bond donors (Lipinski definition) is 3. The van der Waals surface area contributed by atoms with Crippen LogP contribution in [-0.4, -0.2) is 29.7 Å². The first kappa shape index (κ1) is 13.9. The Morgan fingerprint density at radius 3 is 2.70 bits per heavy atom. The van der Waals surface area contributed by atoms with Crippen molar-refractivity contribution in [3.8, 4) is 0 Å². The van der Waals surface area contributed by atoms with Crippen LogP contribution in [0.25, 0.3) is 11.0 Å². The van der Waals surface area contributed by atoms with E-state index in [2.05, 4.69) is 38.1 Å². The third kappa shape index (κ3) is 2.32. The van der Waals surface area contributed by atoms with Crippen molar-refractivity contribution in [3.05, 3.63) is 32.7 Å². The van der Waals surface area contributed by atoms with Gasteiger partial charge in [0.1, 0.15) is 0 Å². The Bertz CT molecular complexity index is 679. The summed E-state index contributed by atoms with van der Waals surface area (Å²) in [6.45, 7) is 2.93. The zero-order valence-electron chi connectivity index (χ0n) is 11.5. The van der Waals surface area contributed by atoms with Gasteiger partial charge in [0.25, 0.3) is 0 Å². The second-order valence-electron chi connectivity index (χ2n) is 5.29. The fourth-order valence-electron chi connectivity index (χ4n) is 3.10. The monoisotopic (exact) mass is 339 g/mol. The second-order valence-corrected chi connectivity index (χ2v) is 6.15. The summed E-state index contributed by atoms with van der Waals surface area (Å²) >= 11 is 3.62. The maximum atomic E-state index is 11.4. The summed E-state index contributed by atoms with van der Waals surface area (Å²) < 4.78 is 6.68. The van der Waals surface area contributed by atoms with Crippen LogP contribution < -0.4 is 11.0 Å². The number of aromatic nitrogens is 2. The Morgan fingerprint density at radius 2 is 2.10 bits per heavy atom. The van der Waals surface area contributed by atoms with Crippen LogP contribution in [0.5, 0.6) is 0 Å². The fraction of sp³-hybridized carbons (Fsp3) is 0.500. The zero-order valence-corrected chi connectivity index (χ0v) is 13.1. The molecule has 0 spiro atoms. The van der Waals surface area contributed by atoms with Gasteiger partial charge in [-0.05, 0) is 38.1 Å². The number of H-pyrrole nitrogens is 2. The highest BCUT2D eigenvalue weighted by Crippen LogP contribution is 2.37. The molecule has 3 N–H and O–H groups in total. The number of ether oxygens (including phenoxy) is 1. The zero-order chi connectivity index (χ0) is 14.3. The van der Waals surface area contributed by atoms with Crippen molar-refractivity contribution in [2.75, 3.05) is 13.7 Å². The molecular formula is C14H18BrN3O2. The lowest BCUT2D eigenvalue weighted by molar-refractivity contribution is 0.0962. The predicted octanol–water partition coefficient (Wildman–Crippen LogP) is 2.30. The van der Waals surface area contributed by atoms with Gasteiger partial charge in [0.15, 0.2) is 0 Å². The van der Waals surface area contributed by atoms with Gasteiger partial charge in [-0.3, -0.25) is 0 Å². The van der Waals surface area contributed by atoms with Crippen molar-refractivity contribution in [2.45, 2.75) is 25.5 Å². The molecule has 0 saturated carbocycles. The Hall–Kier alpha value is -1.11. The Labute approximate surface area is 125 Å². The SMILES string of the molecule is CNC(c1cc2[nH]c(=O)[nH]c2cc1Br)C1CCOC1C. The number of imidazole rings is 1. The summed E-state index contributed by atoms with van der Waals surface area (Å²) in [5.74, 6) is 0.430. The average Bonchev–Trinajstić information content (AvgIpc) is 2.96. The lowest BCUT2D eigenvalue weighted by atomic mass is 9.88. The molecule has 3 unspecified atom stereocenters. The van der Waals surface area contributed by atoms with Crippen molar-refractivity contribution in [1.29, 1.82) is 0 Å². The molecule has 1 fully saturated rings. The minimum atomic E-state index is -0.178. The van der Waals surface area contributed by atoms with E-state index in [9.17, 15) is 4.79 Å². The van der Waals surface area contributed by atoms with E-state index in [1.165, 1.54) is 0 Å². The molecule has 0 aliphatic carbocycles. The molecular weight excluding hydrogens is 322 g/mol. The third-order valence-corrected chi connectivity index (χ3v) is 4.83. The molecule has 1 aliphatic rings. The van der Waals surface area contributed by atoms with E-state index in [1.807, 2.05) is 19.2 Å². The quantitative estimate of drug-likeness (QED) is 0.803. The maximum Gasteiger partial charge on any atom is 0.323 e. The van der Waals surface area contributed by atoms with E-state index in [4.69, 9.17) is 4.74 Å². The molecule has 0 bridgehead atoms. The second kappa shape index (κ2) is 5.35. The number of benzene rings is 1. The highest BCUT2D eigenvalue weighted by molar-refractivity contribution is 9.10. The van der Waals surface area contributed by atoms with E-state index in [-0.39, 0.29) is 17.8 Å². The average molecular weight is 340 g/mol. The van der Waals surface area contributed by atoms with Crippen LogP contribution in [0.15, 0.2) is 21.4 Å². The standard InChI is InChI=1S/C14H18BrN3O2/c1-7-8(3-4-20-7)13(16-2)9-5-11-12(6-10(9)15)18-14(19)17-11/h5-8,13,16H,3-4H2,1-2H3,(H2,17,18,19). The van der Waals surface area contributed by atoms with Crippen molar-refractivity contribution < 1.29 is 4.74 Å². The Morgan fingerprint density at radius 1 is 1.40 bits per heavy atom. The smallest absolute Gasteiger partial charge is 0.323 e. The predicted molar refractivity (Wildman–Crippen MR) is 81.9 cm³/mol. The van der Waals surface area contributed by atoms with Crippen LogP contribution in [0, 0.1) is 5.92 Å². The van der Waals surface area contributed by atoms with E-state index in [0.29, 0.717) is 5.92 Å². The minimum Gasteiger partial charge on any atom is -0.378 e. The molecule has 1 aromatic carbocycles. The molecule has 3 rings (SSSR count). The molecule has 5 nitrogen and oxygen atoms in total. The van der Waals surface area contributed by atoms with E-state index < -0.39 is 0 Å². The largest absolute Gasteiger partial charge is 0.378 e. The van der Waals surface area contributed by atoms with E-state index >= 15 is 0 Å². The third-order valence-electron chi connectivity index (χ3n) is 4.14. The van der Waals surface area contributed by atoms with Crippen LogP contribution in [0.2, 0.25) is 0 Å². The lowest BCUT2D eigenvalue weighted by Crippen LogP contribution is -2.29. The number of halogens is 1. The molecule has 2 aromatic rings. The van der Waals surface area contributed by atoms with Crippen LogP contribution in [0.4, 0.5) is 0 Å². The van der Waals surface area contributed by atoms with Gasteiger partial charge >= 0.3 is 5.69 Å². The Balaban J connectivity index is 2.06. The van der Waals surface area contributed by atoms with Gasteiger partial charge in [0.05, 0.1) is 17.1 Å². The van der Waals surface area contributed by atoms with Crippen molar-refractivity contribution in [3.63, 3.8) is 0 Å². The molecule has 3 atom stereocenters. The first-order chi connectivity index (χ1) is 9.60. The van der Waals surface area contributed by atoms with Gasteiger partial charge in [0.2, 0.25) is 0 Å². The van der Waals surface area contributed by atoms with Crippen molar-refractivity contribution >= 4 is 27.0 Å². The summed E-state index contributed by atoms with van der Waals surface area (Å²) in [5.41, 5.74) is 2.62. The molecule has 0 amide bonds. The van der Waals surface area contributed by atoms with Gasteiger partial charge < -0.3 is 20.0 Å². The summed E-state index contributed by atoms with van der Waals surface area (Å²) in [6.07, 6.45) is 1.28. The minimum absolute atomic E-state index is 0.178. The van der Waals surface area contributed by atoms with Crippen LogP contribution in [-0.2, 0) is 4.74 Å². The molecule has 108 valence electrons. The number of fused-ring (bicyclic) bond motifs is 1. The highest BCUT2D eigenvalue weighted by Gasteiger charge is 2.33. The van der Waals surface area contributed by atoms with Gasteiger partial charge in [0, 0.05) is 23.0 Å². The molecule has 2 heterocycles. The highest BCUT2D eigenvalue weighted by atomic mass is 79.9. The molecule has 6 heteroatoms. The topological polar surface area (TPSA) is 69.9 Å². The Kier molecular flexibility index (Phi) is 3.70. The van der Waals surface area contributed by atoms with Crippen LogP contribution >= 0.6 is 15.9 Å². The van der Waals surface area contributed by atoms with Crippen molar-refractivity contribution in [2.24, 2.45) is 5.92 Å². The molecule has 0 radical (unpaired) electrons. The van der Waals surface area contributed by atoms with Gasteiger partial charge in [-0.1, -0.05) is 15.9 Å². The number of hydrogen-bond acceptors (Lipinski definition) is 3. The fourth-order valence-corrected chi connectivity index (χ4v) is 3.69. The lowest BCUT2D eigenvalue weighted by Gasteiger charge is -2.26. The number of aromatic amines is 2. The van der Waals surface area contributed by atoms with Crippen LogP contribution in [0.3, 0.4) is 0 Å². The number of nitrogens with one attached hydrogen (secondary N) is 3. The molecule has 1 saturated heterocycles. The first-order valence-electron chi connectivity index (χ1n) is 6.80. The summed E-state index contributed by atoms with van der Waals surface area (Å²) in [4.78, 5) is 17.0. The van der Waals surface area contributed by atoms with E-state index in [1.54, 1.807) is 0 Å². The van der Waals surface area contributed by atoms with Gasteiger partial charge in [-0.2, -0.15) is 0 Å². The summed E-state index contributed by atoms with van der Waals surface area (Å²) in [7, 11) is 1.96. The van der Waals surface area contributed by atoms with Gasteiger partial charge in [-0.15, -0.1) is 0 Å². The molecule has 1 aromatic heterocycles. The summed E-state index contributed by atoms with van der Waals surface area (Å²) in [6, 6.07) is 4.18. The first-order valence-corrected chi connectivity index (χ1v) is 7.59.